The maximum Gasteiger partial charge on any atom is 0.312 e. The van der Waals surface area contributed by atoms with Crippen molar-refractivity contribution < 1.29 is 14.3 Å². The zero-order valence-electron chi connectivity index (χ0n) is 11.7. The van der Waals surface area contributed by atoms with Gasteiger partial charge in [0, 0.05) is 19.6 Å². The Labute approximate surface area is 103 Å². The zero-order chi connectivity index (χ0) is 13.6. The molecular formula is C12H24N2O3. The second-order valence-corrected chi connectivity index (χ2v) is 5.08. The van der Waals surface area contributed by atoms with Gasteiger partial charge in [0.05, 0.1) is 19.1 Å². The highest BCUT2D eigenvalue weighted by molar-refractivity contribution is 5.79. The van der Waals surface area contributed by atoms with Gasteiger partial charge in [-0.3, -0.25) is 9.59 Å². The van der Waals surface area contributed by atoms with Gasteiger partial charge < -0.3 is 15.0 Å². The molecule has 0 bridgehead atoms. The van der Waals surface area contributed by atoms with Gasteiger partial charge in [0.2, 0.25) is 5.91 Å². The van der Waals surface area contributed by atoms with Gasteiger partial charge in [-0.15, -0.1) is 0 Å². The fraction of sp³-hybridized carbons (Fsp3) is 0.833. The predicted molar refractivity (Wildman–Crippen MR) is 66.6 cm³/mol. The van der Waals surface area contributed by atoms with Crippen molar-refractivity contribution >= 4 is 11.9 Å². The normalized spacial score (nSPS) is 11.5. The molecule has 5 nitrogen and oxygen atoms in total. The van der Waals surface area contributed by atoms with Crippen molar-refractivity contribution in [2.45, 2.75) is 33.7 Å². The summed E-state index contributed by atoms with van der Waals surface area (Å²) in [6.07, 6.45) is 0. The fourth-order valence-electron chi connectivity index (χ4n) is 1.24. The van der Waals surface area contributed by atoms with Crippen LogP contribution in [0.4, 0.5) is 0 Å². The Bertz CT molecular complexity index is 275. The smallest absolute Gasteiger partial charge is 0.312 e. The summed E-state index contributed by atoms with van der Waals surface area (Å²) in [6.45, 7) is 8.12. The summed E-state index contributed by atoms with van der Waals surface area (Å²) >= 11 is 0. The van der Waals surface area contributed by atoms with Gasteiger partial charge in [-0.05, 0) is 27.7 Å². The zero-order valence-corrected chi connectivity index (χ0v) is 11.7. The number of rotatable bonds is 6. The van der Waals surface area contributed by atoms with E-state index < -0.39 is 5.41 Å². The molecule has 0 heterocycles. The Balaban J connectivity index is 4.08. The summed E-state index contributed by atoms with van der Waals surface area (Å²) in [6, 6.07) is 0.179. The van der Waals surface area contributed by atoms with E-state index >= 15 is 0 Å². The van der Waals surface area contributed by atoms with Crippen molar-refractivity contribution in [1.29, 1.82) is 0 Å². The number of amides is 1. The number of carbonyl (C=O) groups excluding carboxylic acids is 2. The quantitative estimate of drug-likeness (QED) is 0.697. The highest BCUT2D eigenvalue weighted by Crippen LogP contribution is 2.15. The SMILES string of the molecule is COC(=O)C(C)(C)CNCC(=O)N(C)C(C)C. The molecule has 0 aliphatic heterocycles. The predicted octanol–water partition coefficient (Wildman–Crippen LogP) is 0.642. The van der Waals surface area contributed by atoms with Gasteiger partial charge in [-0.2, -0.15) is 0 Å². The van der Waals surface area contributed by atoms with Gasteiger partial charge >= 0.3 is 5.97 Å². The van der Waals surface area contributed by atoms with Crippen LogP contribution in [0.5, 0.6) is 0 Å². The molecule has 1 amide bonds. The molecule has 1 N–H and O–H groups in total. The van der Waals surface area contributed by atoms with Gasteiger partial charge in [-0.1, -0.05) is 0 Å². The first kappa shape index (κ1) is 15.9. The largest absolute Gasteiger partial charge is 0.469 e. The maximum atomic E-state index is 11.7. The molecule has 0 aliphatic rings. The lowest BCUT2D eigenvalue weighted by molar-refractivity contribution is -0.150. The standard InChI is InChI=1S/C12H24N2O3/c1-9(2)14(5)10(15)7-13-8-12(3,4)11(16)17-6/h9,13H,7-8H2,1-6H3. The molecule has 0 aromatic carbocycles. The van der Waals surface area contributed by atoms with Crippen LogP contribution in [0.25, 0.3) is 0 Å². The first-order chi connectivity index (χ1) is 7.72. The van der Waals surface area contributed by atoms with Crippen LogP contribution in [0.1, 0.15) is 27.7 Å². The Kier molecular flexibility index (Phi) is 6.16. The summed E-state index contributed by atoms with van der Waals surface area (Å²) in [5.74, 6) is -0.268. The average Bonchev–Trinajstić information content (AvgIpc) is 2.26. The van der Waals surface area contributed by atoms with Crippen molar-refractivity contribution in [3.63, 3.8) is 0 Å². The average molecular weight is 244 g/mol. The summed E-state index contributed by atoms with van der Waals surface area (Å²) in [4.78, 5) is 24.7. The second kappa shape index (κ2) is 6.59. The first-order valence-electron chi connectivity index (χ1n) is 5.77. The molecule has 100 valence electrons. The molecule has 0 aromatic rings. The molecule has 0 unspecified atom stereocenters. The summed E-state index contributed by atoms with van der Waals surface area (Å²) in [7, 11) is 3.13. The van der Waals surface area contributed by atoms with Crippen molar-refractivity contribution in [3.8, 4) is 0 Å². The minimum atomic E-state index is -0.620. The number of hydrogen-bond acceptors (Lipinski definition) is 4. The van der Waals surface area contributed by atoms with E-state index in [1.807, 2.05) is 13.8 Å². The van der Waals surface area contributed by atoms with Crippen LogP contribution in [0.2, 0.25) is 0 Å². The lowest BCUT2D eigenvalue weighted by atomic mass is 9.94. The number of hydrogen-bond donors (Lipinski definition) is 1. The minimum Gasteiger partial charge on any atom is -0.469 e. The molecule has 5 heteroatoms. The lowest BCUT2D eigenvalue weighted by Gasteiger charge is -2.24. The van der Waals surface area contributed by atoms with Gasteiger partial charge in [0.15, 0.2) is 0 Å². The number of nitrogens with one attached hydrogen (secondary N) is 1. The van der Waals surface area contributed by atoms with Crippen LogP contribution in [0.15, 0.2) is 0 Å². The minimum absolute atomic E-state index is 0.0145. The topological polar surface area (TPSA) is 58.6 Å². The Morgan fingerprint density at radius 2 is 1.88 bits per heavy atom. The van der Waals surface area contributed by atoms with Crippen molar-refractivity contribution in [3.05, 3.63) is 0 Å². The Morgan fingerprint density at radius 3 is 2.29 bits per heavy atom. The van der Waals surface area contributed by atoms with Gasteiger partial charge in [0.1, 0.15) is 0 Å². The van der Waals surface area contributed by atoms with E-state index in [4.69, 9.17) is 0 Å². The molecule has 0 aromatic heterocycles. The van der Waals surface area contributed by atoms with Crippen LogP contribution in [0, 0.1) is 5.41 Å². The summed E-state index contributed by atoms with van der Waals surface area (Å²) in [5.41, 5.74) is -0.620. The van der Waals surface area contributed by atoms with Gasteiger partial charge in [-0.25, -0.2) is 0 Å². The third kappa shape index (κ3) is 5.17. The van der Waals surface area contributed by atoms with Crippen molar-refractivity contribution in [2.24, 2.45) is 5.41 Å². The Morgan fingerprint density at radius 1 is 1.35 bits per heavy atom. The number of likely N-dealkylation sites (N-methyl/N-ethyl adjacent to an activating group) is 1. The molecule has 0 spiro atoms. The van der Waals surface area contributed by atoms with E-state index in [2.05, 4.69) is 10.1 Å². The van der Waals surface area contributed by atoms with E-state index in [0.29, 0.717) is 6.54 Å². The molecule has 0 saturated carbocycles. The second-order valence-electron chi connectivity index (χ2n) is 5.08. The van der Waals surface area contributed by atoms with E-state index in [-0.39, 0.29) is 24.5 Å². The number of methoxy groups -OCH3 is 1. The Hall–Kier alpha value is -1.10. The van der Waals surface area contributed by atoms with Crippen molar-refractivity contribution in [1.82, 2.24) is 10.2 Å². The number of ether oxygens (including phenoxy) is 1. The lowest BCUT2D eigenvalue weighted by Crippen LogP contribution is -2.43. The molecule has 0 aliphatic carbocycles. The first-order valence-corrected chi connectivity index (χ1v) is 5.77. The number of nitrogens with zero attached hydrogens (tertiary/aromatic N) is 1. The van der Waals surface area contributed by atoms with E-state index in [1.54, 1.807) is 25.8 Å². The number of carbonyl (C=O) groups is 2. The molecule has 0 saturated heterocycles. The van der Waals surface area contributed by atoms with E-state index in [9.17, 15) is 9.59 Å². The molecule has 0 fully saturated rings. The highest BCUT2D eigenvalue weighted by atomic mass is 16.5. The van der Waals surface area contributed by atoms with Crippen LogP contribution in [0.3, 0.4) is 0 Å². The molecule has 0 radical (unpaired) electrons. The third-order valence-electron chi connectivity index (χ3n) is 2.75. The van der Waals surface area contributed by atoms with E-state index in [1.165, 1.54) is 7.11 Å². The van der Waals surface area contributed by atoms with Crippen LogP contribution in [-0.2, 0) is 14.3 Å². The fourth-order valence-corrected chi connectivity index (χ4v) is 1.24. The molecular weight excluding hydrogens is 220 g/mol. The molecule has 0 atom stereocenters. The maximum absolute atomic E-state index is 11.7. The highest BCUT2D eigenvalue weighted by Gasteiger charge is 2.28. The summed E-state index contributed by atoms with van der Waals surface area (Å²) < 4.78 is 4.68. The monoisotopic (exact) mass is 244 g/mol. The number of esters is 1. The molecule has 17 heavy (non-hydrogen) atoms. The third-order valence-corrected chi connectivity index (χ3v) is 2.75. The van der Waals surface area contributed by atoms with Crippen LogP contribution < -0.4 is 5.32 Å². The van der Waals surface area contributed by atoms with E-state index in [0.717, 1.165) is 0 Å². The van der Waals surface area contributed by atoms with Gasteiger partial charge in [0.25, 0.3) is 0 Å². The summed E-state index contributed by atoms with van der Waals surface area (Å²) in [5, 5.41) is 2.98. The molecule has 0 rings (SSSR count). The van der Waals surface area contributed by atoms with Crippen LogP contribution in [-0.4, -0.2) is 50.1 Å². The van der Waals surface area contributed by atoms with Crippen LogP contribution >= 0.6 is 0 Å². The van der Waals surface area contributed by atoms with Crippen molar-refractivity contribution in [2.75, 3.05) is 27.2 Å².